The van der Waals surface area contributed by atoms with Gasteiger partial charge in [0.2, 0.25) is 0 Å². The maximum atomic E-state index is 12.2. The van der Waals surface area contributed by atoms with Gasteiger partial charge in [0, 0.05) is 0 Å². The molecule has 0 atom stereocenters. The molecule has 0 radical (unpaired) electrons. The summed E-state index contributed by atoms with van der Waals surface area (Å²) in [5.41, 5.74) is -3.64. The van der Waals surface area contributed by atoms with Crippen LogP contribution < -0.4 is 17.0 Å². The summed E-state index contributed by atoms with van der Waals surface area (Å²) in [5, 5.41) is 36.1. The summed E-state index contributed by atoms with van der Waals surface area (Å²) in [7, 11) is 0. The van der Waals surface area contributed by atoms with E-state index >= 15 is 0 Å². The first-order valence-electron chi connectivity index (χ1n) is 7.50. The van der Waals surface area contributed by atoms with Crippen molar-refractivity contribution >= 4 is 35.8 Å². The zero-order chi connectivity index (χ0) is 21.9. The molecule has 4 N–H and O–H groups in total. The molecule has 30 heavy (non-hydrogen) atoms. The van der Waals surface area contributed by atoms with Gasteiger partial charge in [-0.1, -0.05) is 0 Å². The van der Waals surface area contributed by atoms with E-state index in [-0.39, 0.29) is 17.0 Å². The number of hydrogen-bond donors (Lipinski definition) is 4. The first-order chi connectivity index (χ1) is 13.5. The number of ether oxygens (including phenoxy) is 1. The van der Waals surface area contributed by atoms with E-state index in [2.05, 4.69) is 4.74 Å². The third-order valence-corrected chi connectivity index (χ3v) is 3.62. The second-order valence-electron chi connectivity index (χ2n) is 5.42. The van der Waals surface area contributed by atoms with E-state index in [0.29, 0.717) is 12.1 Å². The number of carboxylic acid groups (broad SMARTS) is 4. The van der Waals surface area contributed by atoms with Crippen LogP contribution in [0.3, 0.4) is 0 Å². The van der Waals surface area contributed by atoms with Crippen molar-refractivity contribution in [1.29, 1.82) is 0 Å². The summed E-state index contributed by atoms with van der Waals surface area (Å²) in [6.45, 7) is 0. The standard InChI is InChI=1S/C18H10O11.BrH/c19-13(20)7-1-3-9(11(5-7)15(23)24)17(27)29-18(28)10-4-2-8(14(21)22)6-12(10)16(25)26;/h1-6H,(H,19,20)(H,21,22)(H,23,24)(H,25,26);1H/p-1. The van der Waals surface area contributed by atoms with Crippen LogP contribution in [0.4, 0.5) is 0 Å². The van der Waals surface area contributed by atoms with E-state index in [1.54, 1.807) is 0 Å². The molecule has 0 amide bonds. The molecule has 0 saturated heterocycles. The van der Waals surface area contributed by atoms with Crippen LogP contribution in [0.15, 0.2) is 36.4 Å². The molecular formula is C18H10BrO11-. The number of carbonyl (C=O) groups is 6. The van der Waals surface area contributed by atoms with Crippen molar-refractivity contribution in [2.24, 2.45) is 0 Å². The molecule has 0 saturated carbocycles. The van der Waals surface area contributed by atoms with Gasteiger partial charge in [-0.3, -0.25) is 0 Å². The minimum Gasteiger partial charge on any atom is -1.00 e. The third-order valence-electron chi connectivity index (χ3n) is 3.62. The highest BCUT2D eigenvalue weighted by Crippen LogP contribution is 2.18. The van der Waals surface area contributed by atoms with Crippen LogP contribution in [0.5, 0.6) is 0 Å². The normalized spacial score (nSPS) is 9.73. The molecule has 0 aliphatic heterocycles. The van der Waals surface area contributed by atoms with E-state index in [1.807, 2.05) is 0 Å². The highest BCUT2D eigenvalue weighted by molar-refractivity contribution is 6.11. The van der Waals surface area contributed by atoms with Crippen molar-refractivity contribution in [2.75, 3.05) is 0 Å². The van der Waals surface area contributed by atoms with Gasteiger partial charge < -0.3 is 42.1 Å². The minimum absolute atomic E-state index is 0. The second-order valence-corrected chi connectivity index (χ2v) is 5.42. The van der Waals surface area contributed by atoms with Crippen molar-refractivity contribution in [2.45, 2.75) is 0 Å². The lowest BCUT2D eigenvalue weighted by molar-refractivity contribution is -0.000100. The van der Waals surface area contributed by atoms with Crippen molar-refractivity contribution in [3.05, 3.63) is 69.8 Å². The second kappa shape index (κ2) is 9.43. The van der Waals surface area contributed by atoms with Crippen LogP contribution in [-0.2, 0) is 4.74 Å². The van der Waals surface area contributed by atoms with Crippen molar-refractivity contribution < 1.29 is 70.9 Å². The molecule has 11 nitrogen and oxygen atoms in total. The average molecular weight is 482 g/mol. The SMILES string of the molecule is O=C(O)c1ccc(C(=O)OC(=O)c2ccc(C(=O)O)cc2C(=O)O)c(C(=O)O)c1.[Br-]. The van der Waals surface area contributed by atoms with Gasteiger partial charge in [-0.25, -0.2) is 28.8 Å². The number of rotatable bonds is 6. The Morgan fingerprint density at radius 1 is 0.533 bits per heavy atom. The van der Waals surface area contributed by atoms with E-state index in [9.17, 15) is 28.8 Å². The Morgan fingerprint density at radius 2 is 0.867 bits per heavy atom. The topological polar surface area (TPSA) is 193 Å². The van der Waals surface area contributed by atoms with Gasteiger partial charge in [0.1, 0.15) is 0 Å². The molecular weight excluding hydrogens is 472 g/mol. The van der Waals surface area contributed by atoms with Gasteiger partial charge in [0.15, 0.2) is 0 Å². The fourth-order valence-electron chi connectivity index (χ4n) is 2.26. The first-order valence-corrected chi connectivity index (χ1v) is 7.50. The lowest BCUT2D eigenvalue weighted by Gasteiger charge is -2.09. The average Bonchev–Trinajstić information content (AvgIpc) is 2.66. The summed E-state index contributed by atoms with van der Waals surface area (Å²) >= 11 is 0. The molecule has 2 aromatic rings. The molecule has 0 bridgehead atoms. The fourth-order valence-corrected chi connectivity index (χ4v) is 2.26. The number of hydrogen-bond acceptors (Lipinski definition) is 7. The minimum atomic E-state index is -1.66. The predicted molar refractivity (Wildman–Crippen MR) is 90.5 cm³/mol. The molecule has 0 unspecified atom stereocenters. The van der Waals surface area contributed by atoms with Crippen LogP contribution in [0.1, 0.15) is 62.1 Å². The monoisotopic (exact) mass is 481 g/mol. The molecule has 2 rings (SSSR count). The highest BCUT2D eigenvalue weighted by Gasteiger charge is 2.26. The van der Waals surface area contributed by atoms with Crippen LogP contribution >= 0.6 is 0 Å². The number of esters is 2. The summed E-state index contributed by atoms with van der Waals surface area (Å²) < 4.78 is 4.51. The number of aromatic carboxylic acids is 4. The third kappa shape index (κ3) is 5.05. The Bertz CT molecular complexity index is 1000. The molecule has 0 aromatic heterocycles. The van der Waals surface area contributed by atoms with Crippen molar-refractivity contribution in [1.82, 2.24) is 0 Å². The van der Waals surface area contributed by atoms with Crippen LogP contribution in [-0.4, -0.2) is 56.2 Å². The molecule has 156 valence electrons. The van der Waals surface area contributed by atoms with Gasteiger partial charge >= 0.3 is 35.8 Å². The van der Waals surface area contributed by atoms with Crippen LogP contribution in [0.25, 0.3) is 0 Å². The lowest BCUT2D eigenvalue weighted by atomic mass is 10.0. The van der Waals surface area contributed by atoms with Gasteiger partial charge in [-0.15, -0.1) is 0 Å². The van der Waals surface area contributed by atoms with Crippen molar-refractivity contribution in [3.8, 4) is 0 Å². The first kappa shape index (κ1) is 24.0. The maximum Gasteiger partial charge on any atom is 0.346 e. The number of carbonyl (C=O) groups excluding carboxylic acids is 2. The van der Waals surface area contributed by atoms with Crippen LogP contribution in [0, 0.1) is 0 Å². The zero-order valence-electron chi connectivity index (χ0n) is 14.5. The van der Waals surface area contributed by atoms with E-state index in [4.69, 9.17) is 20.4 Å². The largest absolute Gasteiger partial charge is 1.00 e. The van der Waals surface area contributed by atoms with Gasteiger partial charge in [-0.05, 0) is 36.4 Å². The molecule has 12 heteroatoms. The maximum absolute atomic E-state index is 12.2. The Morgan fingerprint density at radius 3 is 1.13 bits per heavy atom. The molecule has 0 aliphatic carbocycles. The van der Waals surface area contributed by atoms with Gasteiger partial charge in [-0.2, -0.15) is 0 Å². The Labute approximate surface area is 176 Å². The fraction of sp³-hybridized carbons (Fsp3) is 0. The number of benzene rings is 2. The molecule has 2 aromatic carbocycles. The lowest BCUT2D eigenvalue weighted by Crippen LogP contribution is -3.00. The molecule has 0 fully saturated rings. The Balaban J connectivity index is 0.00000450. The molecule has 0 heterocycles. The molecule has 0 aliphatic rings. The Kier molecular flexibility index (Phi) is 7.53. The Hall–Kier alpha value is -4.06. The quantitative estimate of drug-likeness (QED) is 0.276. The summed E-state index contributed by atoms with van der Waals surface area (Å²) in [4.78, 5) is 68.8. The summed E-state index contributed by atoms with van der Waals surface area (Å²) in [6.07, 6.45) is 0. The van der Waals surface area contributed by atoms with Gasteiger partial charge in [0.25, 0.3) is 0 Å². The zero-order valence-corrected chi connectivity index (χ0v) is 16.1. The van der Waals surface area contributed by atoms with Crippen molar-refractivity contribution in [3.63, 3.8) is 0 Å². The number of halogens is 1. The molecule has 0 spiro atoms. The summed E-state index contributed by atoms with van der Waals surface area (Å²) in [6, 6.07) is 4.87. The van der Waals surface area contributed by atoms with E-state index in [0.717, 1.165) is 24.3 Å². The van der Waals surface area contributed by atoms with E-state index in [1.165, 1.54) is 0 Å². The highest BCUT2D eigenvalue weighted by atomic mass is 79.9. The van der Waals surface area contributed by atoms with E-state index < -0.39 is 69.2 Å². The smallest absolute Gasteiger partial charge is 0.346 e. The summed E-state index contributed by atoms with van der Waals surface area (Å²) in [5.74, 6) is -9.17. The van der Waals surface area contributed by atoms with Crippen LogP contribution in [0.2, 0.25) is 0 Å². The predicted octanol–water partition coefficient (Wildman–Crippen LogP) is -1.52. The number of carboxylic acids is 4. The van der Waals surface area contributed by atoms with Gasteiger partial charge in [0.05, 0.1) is 33.4 Å².